The molecule has 3 aromatic rings. The van der Waals surface area contributed by atoms with Crippen molar-refractivity contribution in [2.24, 2.45) is 0 Å². The Labute approximate surface area is 201 Å². The van der Waals surface area contributed by atoms with Gasteiger partial charge in [0.2, 0.25) is 5.91 Å². The smallest absolute Gasteiger partial charge is 0.326 e. The lowest BCUT2D eigenvalue weighted by Gasteiger charge is -2.32. The number of hydrogen-bond acceptors (Lipinski definition) is 4. The second-order valence-electron chi connectivity index (χ2n) is 8.75. The summed E-state index contributed by atoms with van der Waals surface area (Å²) in [5.74, 6) is -1.06. The Morgan fingerprint density at radius 1 is 1.06 bits per heavy atom. The molecule has 4 rings (SSSR count). The maximum atomic E-state index is 14.8. The molecule has 10 heteroatoms. The normalized spacial score (nSPS) is 15.3. The van der Waals surface area contributed by atoms with E-state index >= 15 is 0 Å². The van der Waals surface area contributed by atoms with Crippen LogP contribution in [0, 0.1) is 5.82 Å². The number of hydrogen-bond donors (Lipinski definition) is 1. The number of likely N-dealkylation sites (N-methyl/N-ethyl adjacent to an activating group) is 1. The number of halogens is 4. The Hall–Kier alpha value is -3.24. The first-order valence-corrected chi connectivity index (χ1v) is 11.4. The summed E-state index contributed by atoms with van der Waals surface area (Å²) >= 11 is 0. The number of anilines is 1. The summed E-state index contributed by atoms with van der Waals surface area (Å²) in [7, 11) is 2.11. The highest BCUT2D eigenvalue weighted by Crippen LogP contribution is 2.30. The molecule has 0 spiro atoms. The van der Waals surface area contributed by atoms with Gasteiger partial charge in [0.05, 0.1) is 24.7 Å². The lowest BCUT2D eigenvalue weighted by molar-refractivity contribution is -0.137. The number of nitrogens with zero attached hydrogens (tertiary/aromatic N) is 4. The third-order valence-electron chi connectivity index (χ3n) is 6.06. The molecule has 2 heterocycles. The summed E-state index contributed by atoms with van der Waals surface area (Å²) in [6, 6.07) is 8.89. The Morgan fingerprint density at radius 3 is 2.54 bits per heavy atom. The SMILES string of the molecule is CN1CCN(CCn2cc(-c3ccc(NC(=O)Cc4cccc(C(F)(F)F)c4)cc3F)cn2)CC1. The van der Waals surface area contributed by atoms with Crippen molar-refractivity contribution in [1.82, 2.24) is 19.6 Å². The van der Waals surface area contributed by atoms with Crippen molar-refractivity contribution in [1.29, 1.82) is 0 Å². The number of amides is 1. The number of aromatic nitrogens is 2. The first-order valence-electron chi connectivity index (χ1n) is 11.4. The molecule has 35 heavy (non-hydrogen) atoms. The zero-order valence-corrected chi connectivity index (χ0v) is 19.4. The molecule has 0 saturated carbocycles. The van der Waals surface area contributed by atoms with E-state index in [1.165, 1.54) is 18.2 Å². The van der Waals surface area contributed by atoms with Gasteiger partial charge >= 0.3 is 6.18 Å². The third-order valence-corrected chi connectivity index (χ3v) is 6.06. The minimum Gasteiger partial charge on any atom is -0.326 e. The van der Waals surface area contributed by atoms with E-state index in [1.54, 1.807) is 29.2 Å². The van der Waals surface area contributed by atoms with Crippen molar-refractivity contribution < 1.29 is 22.4 Å². The Morgan fingerprint density at radius 2 is 1.83 bits per heavy atom. The first kappa shape index (κ1) is 24.9. The summed E-state index contributed by atoms with van der Waals surface area (Å²) in [5.41, 5.74) is 0.612. The molecule has 0 atom stereocenters. The first-order chi connectivity index (χ1) is 16.7. The van der Waals surface area contributed by atoms with Gasteiger partial charge in [0.25, 0.3) is 0 Å². The fourth-order valence-electron chi connectivity index (χ4n) is 4.02. The lowest BCUT2D eigenvalue weighted by atomic mass is 10.1. The maximum Gasteiger partial charge on any atom is 0.416 e. The van der Waals surface area contributed by atoms with E-state index in [4.69, 9.17) is 0 Å². The summed E-state index contributed by atoms with van der Waals surface area (Å²) in [6.45, 7) is 5.68. The van der Waals surface area contributed by atoms with Crippen molar-refractivity contribution in [3.63, 3.8) is 0 Å². The van der Waals surface area contributed by atoms with E-state index in [1.807, 2.05) is 0 Å². The van der Waals surface area contributed by atoms with Crippen LogP contribution in [0.1, 0.15) is 11.1 Å². The molecule has 2 aromatic carbocycles. The fourth-order valence-corrected chi connectivity index (χ4v) is 4.02. The summed E-state index contributed by atoms with van der Waals surface area (Å²) in [5, 5.41) is 6.88. The minimum absolute atomic E-state index is 0.221. The number of carbonyl (C=O) groups is 1. The average molecular weight is 490 g/mol. The molecule has 0 unspecified atom stereocenters. The van der Waals surface area contributed by atoms with Crippen LogP contribution in [0.2, 0.25) is 0 Å². The van der Waals surface area contributed by atoms with Crippen LogP contribution in [0.5, 0.6) is 0 Å². The van der Waals surface area contributed by atoms with Crippen molar-refractivity contribution in [3.8, 4) is 11.1 Å². The van der Waals surface area contributed by atoms with Crippen LogP contribution in [0.25, 0.3) is 11.1 Å². The molecule has 1 N–H and O–H groups in total. The van der Waals surface area contributed by atoms with Crippen molar-refractivity contribution in [2.75, 3.05) is 45.1 Å². The van der Waals surface area contributed by atoms with Crippen LogP contribution >= 0.6 is 0 Å². The molecule has 1 fully saturated rings. The van der Waals surface area contributed by atoms with E-state index < -0.39 is 23.5 Å². The molecular weight excluding hydrogens is 462 g/mol. The quantitative estimate of drug-likeness (QED) is 0.507. The fraction of sp³-hybridized carbons (Fsp3) is 0.360. The maximum absolute atomic E-state index is 14.8. The van der Waals surface area contributed by atoms with Gasteiger partial charge in [-0.15, -0.1) is 0 Å². The third kappa shape index (κ3) is 6.67. The summed E-state index contributed by atoms with van der Waals surface area (Å²) in [6.07, 6.45) is -1.34. The van der Waals surface area contributed by atoms with Crippen LogP contribution in [0.15, 0.2) is 54.9 Å². The highest BCUT2D eigenvalue weighted by atomic mass is 19.4. The second-order valence-corrected chi connectivity index (χ2v) is 8.75. The number of piperazine rings is 1. The Bertz CT molecular complexity index is 1170. The molecule has 1 aliphatic heterocycles. The topological polar surface area (TPSA) is 53.4 Å². The lowest BCUT2D eigenvalue weighted by Crippen LogP contribution is -2.45. The number of benzene rings is 2. The van der Waals surface area contributed by atoms with Gasteiger partial charge in [0.1, 0.15) is 5.82 Å². The van der Waals surface area contributed by atoms with Gasteiger partial charge in [-0.05, 0) is 36.9 Å². The molecule has 186 valence electrons. The van der Waals surface area contributed by atoms with Crippen molar-refractivity contribution in [3.05, 3.63) is 71.8 Å². The van der Waals surface area contributed by atoms with Gasteiger partial charge in [-0.25, -0.2) is 4.39 Å². The van der Waals surface area contributed by atoms with E-state index in [0.717, 1.165) is 44.9 Å². The molecule has 1 saturated heterocycles. The molecule has 0 radical (unpaired) electrons. The zero-order valence-electron chi connectivity index (χ0n) is 19.4. The second kappa shape index (κ2) is 10.6. The van der Waals surface area contributed by atoms with Gasteiger partial charge in [0, 0.05) is 55.7 Å². The average Bonchev–Trinajstić information content (AvgIpc) is 3.27. The van der Waals surface area contributed by atoms with E-state index in [-0.39, 0.29) is 17.7 Å². The van der Waals surface area contributed by atoms with Crippen LogP contribution in [0.3, 0.4) is 0 Å². The van der Waals surface area contributed by atoms with Gasteiger partial charge in [-0.1, -0.05) is 18.2 Å². The Balaban J connectivity index is 1.34. The molecule has 1 aromatic heterocycles. The predicted molar refractivity (Wildman–Crippen MR) is 125 cm³/mol. The summed E-state index contributed by atoms with van der Waals surface area (Å²) in [4.78, 5) is 17.0. The van der Waals surface area contributed by atoms with Gasteiger partial charge in [-0.2, -0.15) is 18.3 Å². The highest BCUT2D eigenvalue weighted by molar-refractivity contribution is 5.92. The molecule has 0 aliphatic carbocycles. The molecule has 1 amide bonds. The van der Waals surface area contributed by atoms with Gasteiger partial charge in [0.15, 0.2) is 0 Å². The largest absolute Gasteiger partial charge is 0.416 e. The molecule has 0 bridgehead atoms. The zero-order chi connectivity index (χ0) is 25.0. The number of alkyl halides is 3. The van der Waals surface area contributed by atoms with Crippen molar-refractivity contribution in [2.45, 2.75) is 19.1 Å². The van der Waals surface area contributed by atoms with Gasteiger partial charge in [-0.3, -0.25) is 14.4 Å². The van der Waals surface area contributed by atoms with Crippen LogP contribution < -0.4 is 5.32 Å². The molecular formula is C25H27F4N5O. The van der Waals surface area contributed by atoms with Crippen molar-refractivity contribution >= 4 is 11.6 Å². The van der Waals surface area contributed by atoms with Crippen LogP contribution in [0.4, 0.5) is 23.2 Å². The van der Waals surface area contributed by atoms with Crippen LogP contribution in [-0.2, 0) is 23.9 Å². The van der Waals surface area contributed by atoms with Gasteiger partial charge < -0.3 is 10.2 Å². The number of carbonyl (C=O) groups excluding carboxylic acids is 1. The number of rotatable bonds is 7. The minimum atomic E-state index is -4.48. The summed E-state index contributed by atoms with van der Waals surface area (Å²) < 4.78 is 55.2. The van der Waals surface area contributed by atoms with E-state index in [2.05, 4.69) is 27.3 Å². The Kier molecular flexibility index (Phi) is 7.51. The standard InChI is InChI=1S/C25H27F4N5O/c1-32-7-9-33(10-8-32)11-12-34-17-19(16-30-34)22-6-5-21(15-23(22)26)31-24(35)14-18-3-2-4-20(13-18)25(27,28)29/h2-6,13,15-17H,7-12,14H2,1H3,(H,31,35). The van der Waals surface area contributed by atoms with E-state index in [0.29, 0.717) is 17.7 Å². The van der Waals surface area contributed by atoms with Crippen LogP contribution in [-0.4, -0.2) is 65.3 Å². The predicted octanol–water partition coefficient (Wildman–Crippen LogP) is 4.14. The van der Waals surface area contributed by atoms with E-state index in [9.17, 15) is 22.4 Å². The number of nitrogens with one attached hydrogen (secondary N) is 1. The highest BCUT2D eigenvalue weighted by Gasteiger charge is 2.30. The monoisotopic (exact) mass is 489 g/mol. The molecule has 1 aliphatic rings. The molecule has 6 nitrogen and oxygen atoms in total.